The van der Waals surface area contributed by atoms with Crippen molar-refractivity contribution < 1.29 is 8.42 Å². The van der Waals surface area contributed by atoms with E-state index in [1.807, 2.05) is 20.2 Å². The highest BCUT2D eigenvalue weighted by Gasteiger charge is 2.05. The third-order valence-corrected chi connectivity index (χ3v) is 3.26. The lowest BCUT2D eigenvalue weighted by molar-refractivity contribution is 0.602. The van der Waals surface area contributed by atoms with Gasteiger partial charge in [-0.2, -0.15) is 0 Å². The second kappa shape index (κ2) is 5.03. The number of nitrogens with one attached hydrogen (secondary N) is 2. The van der Waals surface area contributed by atoms with Gasteiger partial charge in [0.25, 0.3) is 0 Å². The van der Waals surface area contributed by atoms with Crippen LogP contribution in [0.2, 0.25) is 0 Å². The van der Waals surface area contributed by atoms with E-state index >= 15 is 0 Å². The van der Waals surface area contributed by atoms with Gasteiger partial charge in [-0.3, -0.25) is 0 Å². The van der Waals surface area contributed by atoms with Gasteiger partial charge < -0.3 is 10.6 Å². The highest BCUT2D eigenvalue weighted by Crippen LogP contribution is 2.13. The number of rotatable bonds is 4. The van der Waals surface area contributed by atoms with E-state index in [0.717, 1.165) is 11.4 Å². The summed E-state index contributed by atoms with van der Waals surface area (Å²) in [5, 5.41) is 6.03. The predicted molar refractivity (Wildman–Crippen MR) is 66.0 cm³/mol. The fourth-order valence-electron chi connectivity index (χ4n) is 1.06. The van der Waals surface area contributed by atoms with E-state index in [9.17, 15) is 8.42 Å². The van der Waals surface area contributed by atoms with Crippen molar-refractivity contribution in [3.8, 4) is 0 Å². The summed E-state index contributed by atoms with van der Waals surface area (Å²) >= 11 is 0. The average Bonchev–Trinajstić information content (AvgIpc) is 2.25. The number of allylic oxidation sites excluding steroid dienone is 1. The smallest absolute Gasteiger partial charge is 0.175 e. The van der Waals surface area contributed by atoms with Crippen LogP contribution < -0.4 is 10.6 Å². The van der Waals surface area contributed by atoms with Gasteiger partial charge in [0.15, 0.2) is 9.84 Å². The molecule has 0 atom stereocenters. The SMILES string of the molecule is CN/C(C)=C\Nc1ccc(S(C)(=O)=O)cc1. The Labute approximate surface area is 96.3 Å². The molecule has 1 aromatic rings. The molecule has 1 rings (SSSR count). The molecule has 0 aromatic heterocycles. The third kappa shape index (κ3) is 3.58. The molecule has 0 aliphatic heterocycles. The van der Waals surface area contributed by atoms with E-state index in [2.05, 4.69) is 10.6 Å². The van der Waals surface area contributed by atoms with Crippen LogP contribution in [0.25, 0.3) is 0 Å². The molecule has 0 fully saturated rings. The van der Waals surface area contributed by atoms with Crippen molar-refractivity contribution >= 4 is 15.5 Å². The Morgan fingerprint density at radius 3 is 2.25 bits per heavy atom. The molecular formula is C11H16N2O2S. The van der Waals surface area contributed by atoms with Gasteiger partial charge in [-0.15, -0.1) is 0 Å². The Morgan fingerprint density at radius 1 is 1.25 bits per heavy atom. The van der Waals surface area contributed by atoms with Gasteiger partial charge in [0.1, 0.15) is 0 Å². The number of sulfone groups is 1. The minimum absolute atomic E-state index is 0.326. The normalized spacial score (nSPS) is 12.3. The predicted octanol–water partition coefficient (Wildman–Crippen LogP) is 1.58. The Bertz CT molecular complexity index is 475. The van der Waals surface area contributed by atoms with Gasteiger partial charge in [-0.25, -0.2) is 8.42 Å². The summed E-state index contributed by atoms with van der Waals surface area (Å²) in [5.74, 6) is 0. The van der Waals surface area contributed by atoms with Crippen molar-refractivity contribution in [2.75, 3.05) is 18.6 Å². The molecule has 0 unspecified atom stereocenters. The van der Waals surface area contributed by atoms with Crippen molar-refractivity contribution in [2.45, 2.75) is 11.8 Å². The van der Waals surface area contributed by atoms with Crippen molar-refractivity contribution in [1.82, 2.24) is 5.32 Å². The second-order valence-corrected chi connectivity index (χ2v) is 5.53. The van der Waals surface area contributed by atoms with Crippen LogP contribution in [0.15, 0.2) is 41.1 Å². The minimum atomic E-state index is -3.11. The lowest BCUT2D eigenvalue weighted by atomic mass is 10.3. The van der Waals surface area contributed by atoms with Crippen LogP contribution in [-0.4, -0.2) is 21.7 Å². The van der Waals surface area contributed by atoms with Crippen LogP contribution in [0.5, 0.6) is 0 Å². The zero-order valence-electron chi connectivity index (χ0n) is 9.61. The Morgan fingerprint density at radius 2 is 1.81 bits per heavy atom. The van der Waals surface area contributed by atoms with Crippen LogP contribution in [0.3, 0.4) is 0 Å². The Hall–Kier alpha value is -1.49. The molecule has 0 bridgehead atoms. The molecule has 0 saturated heterocycles. The van der Waals surface area contributed by atoms with Crippen molar-refractivity contribution in [3.63, 3.8) is 0 Å². The molecule has 88 valence electrons. The van der Waals surface area contributed by atoms with Crippen molar-refractivity contribution in [2.24, 2.45) is 0 Å². The van der Waals surface area contributed by atoms with Gasteiger partial charge in [0.2, 0.25) is 0 Å². The molecule has 16 heavy (non-hydrogen) atoms. The van der Waals surface area contributed by atoms with Crippen molar-refractivity contribution in [1.29, 1.82) is 0 Å². The topological polar surface area (TPSA) is 58.2 Å². The zero-order valence-corrected chi connectivity index (χ0v) is 10.4. The first kappa shape index (κ1) is 12.6. The van der Waals surface area contributed by atoms with E-state index in [-0.39, 0.29) is 0 Å². The molecular weight excluding hydrogens is 224 g/mol. The summed E-state index contributed by atoms with van der Waals surface area (Å²) in [4.78, 5) is 0.326. The molecule has 2 N–H and O–H groups in total. The molecule has 0 amide bonds. The number of hydrogen-bond donors (Lipinski definition) is 2. The second-order valence-electron chi connectivity index (χ2n) is 3.52. The average molecular weight is 240 g/mol. The fraction of sp³-hybridized carbons (Fsp3) is 0.273. The van der Waals surface area contributed by atoms with E-state index in [0.29, 0.717) is 4.90 Å². The fourth-order valence-corrected chi connectivity index (χ4v) is 1.69. The van der Waals surface area contributed by atoms with Crippen LogP contribution >= 0.6 is 0 Å². The van der Waals surface area contributed by atoms with Gasteiger partial charge in [-0.05, 0) is 31.2 Å². The number of benzene rings is 1. The first-order chi connectivity index (χ1) is 7.43. The van der Waals surface area contributed by atoms with E-state index < -0.39 is 9.84 Å². The monoisotopic (exact) mass is 240 g/mol. The summed E-state index contributed by atoms with van der Waals surface area (Å²) in [7, 11) is -1.28. The maximum atomic E-state index is 11.2. The van der Waals surface area contributed by atoms with Gasteiger partial charge in [0, 0.05) is 30.9 Å². The number of anilines is 1. The molecule has 0 aliphatic carbocycles. The zero-order chi connectivity index (χ0) is 12.2. The van der Waals surface area contributed by atoms with Crippen LogP contribution in [0.4, 0.5) is 5.69 Å². The molecule has 1 aromatic carbocycles. The molecule has 0 radical (unpaired) electrons. The Balaban J connectivity index is 2.81. The van der Waals surface area contributed by atoms with Gasteiger partial charge in [-0.1, -0.05) is 0 Å². The maximum Gasteiger partial charge on any atom is 0.175 e. The first-order valence-electron chi connectivity index (χ1n) is 4.84. The molecule has 0 saturated carbocycles. The quantitative estimate of drug-likeness (QED) is 0.839. The molecule has 5 heteroatoms. The maximum absolute atomic E-state index is 11.2. The van der Waals surface area contributed by atoms with Crippen LogP contribution in [-0.2, 0) is 9.84 Å². The van der Waals surface area contributed by atoms with E-state index in [4.69, 9.17) is 0 Å². The van der Waals surface area contributed by atoms with Crippen LogP contribution in [0.1, 0.15) is 6.92 Å². The largest absolute Gasteiger partial charge is 0.390 e. The van der Waals surface area contributed by atoms with Gasteiger partial charge >= 0.3 is 0 Å². The molecule has 4 nitrogen and oxygen atoms in total. The third-order valence-electron chi connectivity index (χ3n) is 2.13. The lowest BCUT2D eigenvalue weighted by Gasteiger charge is -2.04. The number of hydrogen-bond acceptors (Lipinski definition) is 4. The highest BCUT2D eigenvalue weighted by molar-refractivity contribution is 7.90. The van der Waals surface area contributed by atoms with Crippen molar-refractivity contribution in [3.05, 3.63) is 36.2 Å². The highest BCUT2D eigenvalue weighted by atomic mass is 32.2. The van der Waals surface area contributed by atoms with Gasteiger partial charge in [0.05, 0.1) is 4.90 Å². The first-order valence-corrected chi connectivity index (χ1v) is 6.74. The molecule has 0 spiro atoms. The standard InChI is InChI=1S/C11H16N2O2S/c1-9(12-2)8-13-10-4-6-11(7-5-10)16(3,14)15/h4-8,12-13H,1-3H3/b9-8-. The summed E-state index contributed by atoms with van der Waals surface area (Å²) < 4.78 is 22.4. The van der Waals surface area contributed by atoms with E-state index in [1.54, 1.807) is 24.3 Å². The lowest BCUT2D eigenvalue weighted by Crippen LogP contribution is -2.04. The Kier molecular flexibility index (Phi) is 3.95. The van der Waals surface area contributed by atoms with E-state index in [1.165, 1.54) is 6.26 Å². The molecule has 0 heterocycles. The molecule has 0 aliphatic rings. The summed E-state index contributed by atoms with van der Waals surface area (Å²) in [6.07, 6.45) is 3.01. The minimum Gasteiger partial charge on any atom is -0.390 e. The summed E-state index contributed by atoms with van der Waals surface area (Å²) in [6, 6.07) is 6.63. The van der Waals surface area contributed by atoms with Crippen LogP contribution in [0, 0.1) is 0 Å². The summed E-state index contributed by atoms with van der Waals surface area (Å²) in [5.41, 5.74) is 1.84. The summed E-state index contributed by atoms with van der Waals surface area (Å²) in [6.45, 7) is 1.93.